The van der Waals surface area contributed by atoms with E-state index < -0.39 is 0 Å². The summed E-state index contributed by atoms with van der Waals surface area (Å²) in [7, 11) is 0. The van der Waals surface area contributed by atoms with Crippen LogP contribution >= 0.6 is 0 Å². The van der Waals surface area contributed by atoms with E-state index in [9.17, 15) is 4.79 Å². The predicted molar refractivity (Wildman–Crippen MR) is 59.8 cm³/mol. The molecule has 1 aliphatic carbocycles. The topological polar surface area (TPSA) is 35.6 Å². The van der Waals surface area contributed by atoms with Crippen molar-refractivity contribution in [3.05, 3.63) is 0 Å². The maximum atomic E-state index is 11.5. The number of amides is 2. The van der Waals surface area contributed by atoms with Crippen LogP contribution in [-0.4, -0.2) is 55.1 Å². The molecule has 2 amide bonds. The first-order valence-corrected chi connectivity index (χ1v) is 6.04. The Morgan fingerprint density at radius 1 is 1.27 bits per heavy atom. The van der Waals surface area contributed by atoms with Gasteiger partial charge >= 0.3 is 6.03 Å². The van der Waals surface area contributed by atoms with E-state index in [1.54, 1.807) is 0 Å². The highest BCUT2D eigenvalue weighted by molar-refractivity contribution is 5.74. The van der Waals surface area contributed by atoms with Crippen LogP contribution in [-0.2, 0) is 0 Å². The molecule has 0 radical (unpaired) electrons. The number of nitrogens with one attached hydrogen (secondary N) is 1. The fraction of sp³-hybridized carbons (Fsp3) is 0.909. The first-order chi connectivity index (χ1) is 7.29. The molecule has 1 saturated carbocycles. The Balaban J connectivity index is 1.68. The molecule has 0 spiro atoms. The Labute approximate surface area is 91.6 Å². The zero-order valence-corrected chi connectivity index (χ0v) is 9.54. The zero-order chi connectivity index (χ0) is 10.7. The van der Waals surface area contributed by atoms with Crippen LogP contribution in [0.4, 0.5) is 4.79 Å². The van der Waals surface area contributed by atoms with Crippen LogP contribution < -0.4 is 5.32 Å². The second-order valence-electron chi connectivity index (χ2n) is 4.57. The molecule has 0 aromatic rings. The highest BCUT2D eigenvalue weighted by Gasteiger charge is 2.27. The fourth-order valence-corrected chi connectivity index (χ4v) is 2.06. The summed E-state index contributed by atoms with van der Waals surface area (Å²) in [4.78, 5) is 16.0. The smallest absolute Gasteiger partial charge is 0.317 e. The van der Waals surface area contributed by atoms with Gasteiger partial charge in [0, 0.05) is 39.3 Å². The van der Waals surface area contributed by atoms with Crippen molar-refractivity contribution in [1.29, 1.82) is 0 Å². The average Bonchev–Trinajstić information content (AvgIpc) is 3.03. The summed E-state index contributed by atoms with van der Waals surface area (Å²) in [6.07, 6.45) is 2.83. The summed E-state index contributed by atoms with van der Waals surface area (Å²) in [6.45, 7) is 7.81. The molecule has 0 atom stereocenters. The molecule has 1 N–H and O–H groups in total. The minimum absolute atomic E-state index is 0.101. The molecule has 0 aromatic carbocycles. The molecule has 0 bridgehead atoms. The SMILES string of the molecule is CCNC(=O)N1CCN(CC2CC2)CC1. The lowest BCUT2D eigenvalue weighted by Gasteiger charge is -2.34. The number of urea groups is 1. The van der Waals surface area contributed by atoms with Crippen LogP contribution in [0, 0.1) is 5.92 Å². The minimum Gasteiger partial charge on any atom is -0.338 e. The summed E-state index contributed by atoms with van der Waals surface area (Å²) in [5.74, 6) is 0.959. The van der Waals surface area contributed by atoms with Gasteiger partial charge in [-0.25, -0.2) is 4.79 Å². The maximum absolute atomic E-state index is 11.5. The third kappa shape index (κ3) is 3.09. The quantitative estimate of drug-likeness (QED) is 0.747. The summed E-state index contributed by atoms with van der Waals surface area (Å²) in [5, 5.41) is 2.85. The highest BCUT2D eigenvalue weighted by atomic mass is 16.2. The Morgan fingerprint density at radius 2 is 1.93 bits per heavy atom. The van der Waals surface area contributed by atoms with Gasteiger partial charge in [0.25, 0.3) is 0 Å². The van der Waals surface area contributed by atoms with Gasteiger partial charge in [0.15, 0.2) is 0 Å². The van der Waals surface area contributed by atoms with Crippen molar-refractivity contribution in [2.75, 3.05) is 39.3 Å². The van der Waals surface area contributed by atoms with Crippen LogP contribution in [0.5, 0.6) is 0 Å². The number of piperazine rings is 1. The van der Waals surface area contributed by atoms with Gasteiger partial charge in [-0.15, -0.1) is 0 Å². The number of nitrogens with zero attached hydrogens (tertiary/aromatic N) is 2. The number of carbonyl (C=O) groups is 1. The number of hydrogen-bond donors (Lipinski definition) is 1. The molecule has 1 heterocycles. The Bertz CT molecular complexity index is 220. The average molecular weight is 211 g/mol. The first-order valence-electron chi connectivity index (χ1n) is 6.04. The summed E-state index contributed by atoms with van der Waals surface area (Å²) < 4.78 is 0. The monoisotopic (exact) mass is 211 g/mol. The summed E-state index contributed by atoms with van der Waals surface area (Å²) in [5.41, 5.74) is 0. The molecule has 0 aromatic heterocycles. The Hall–Kier alpha value is -0.770. The number of hydrogen-bond acceptors (Lipinski definition) is 2. The minimum atomic E-state index is 0.101. The van der Waals surface area contributed by atoms with Crippen LogP contribution in [0.1, 0.15) is 19.8 Å². The largest absolute Gasteiger partial charge is 0.338 e. The van der Waals surface area contributed by atoms with E-state index in [4.69, 9.17) is 0 Å². The maximum Gasteiger partial charge on any atom is 0.317 e. The van der Waals surface area contributed by atoms with Crippen molar-refractivity contribution in [3.63, 3.8) is 0 Å². The molecule has 2 aliphatic rings. The number of rotatable bonds is 3. The van der Waals surface area contributed by atoms with Gasteiger partial charge in [0.1, 0.15) is 0 Å². The third-order valence-corrected chi connectivity index (χ3v) is 3.20. The zero-order valence-electron chi connectivity index (χ0n) is 9.54. The molecule has 86 valence electrons. The third-order valence-electron chi connectivity index (χ3n) is 3.20. The molecule has 2 fully saturated rings. The van der Waals surface area contributed by atoms with Crippen LogP contribution in [0.25, 0.3) is 0 Å². The van der Waals surface area contributed by atoms with E-state index in [1.807, 2.05) is 11.8 Å². The second-order valence-corrected chi connectivity index (χ2v) is 4.57. The van der Waals surface area contributed by atoms with Gasteiger partial charge in [-0.05, 0) is 25.7 Å². The van der Waals surface area contributed by atoms with Crippen molar-refractivity contribution in [2.24, 2.45) is 5.92 Å². The lowest BCUT2D eigenvalue weighted by molar-refractivity contribution is 0.136. The molecule has 15 heavy (non-hydrogen) atoms. The Morgan fingerprint density at radius 3 is 2.47 bits per heavy atom. The van der Waals surface area contributed by atoms with Crippen LogP contribution in [0.15, 0.2) is 0 Å². The summed E-state index contributed by atoms with van der Waals surface area (Å²) >= 11 is 0. The lowest BCUT2D eigenvalue weighted by atomic mass is 10.3. The number of carbonyl (C=O) groups excluding carboxylic acids is 1. The van der Waals surface area contributed by atoms with Crippen LogP contribution in [0.2, 0.25) is 0 Å². The van der Waals surface area contributed by atoms with Gasteiger partial charge in [0.2, 0.25) is 0 Å². The molecule has 4 nitrogen and oxygen atoms in total. The first kappa shape index (κ1) is 10.7. The molecule has 0 unspecified atom stereocenters. The highest BCUT2D eigenvalue weighted by Crippen LogP contribution is 2.29. The fourth-order valence-electron chi connectivity index (χ4n) is 2.06. The molecule has 1 aliphatic heterocycles. The van der Waals surface area contributed by atoms with Gasteiger partial charge in [-0.3, -0.25) is 4.90 Å². The molecule has 1 saturated heterocycles. The molecular formula is C11H21N3O. The van der Waals surface area contributed by atoms with E-state index in [0.29, 0.717) is 0 Å². The van der Waals surface area contributed by atoms with Gasteiger partial charge in [-0.1, -0.05) is 0 Å². The van der Waals surface area contributed by atoms with Gasteiger partial charge in [0.05, 0.1) is 0 Å². The van der Waals surface area contributed by atoms with E-state index in [2.05, 4.69) is 10.2 Å². The van der Waals surface area contributed by atoms with Crippen molar-refractivity contribution < 1.29 is 4.79 Å². The standard InChI is InChI=1S/C11H21N3O/c1-2-12-11(15)14-7-5-13(6-8-14)9-10-3-4-10/h10H,2-9H2,1H3,(H,12,15). The normalized spacial score (nSPS) is 22.9. The van der Waals surface area contributed by atoms with E-state index in [1.165, 1.54) is 19.4 Å². The Kier molecular flexibility index (Phi) is 3.46. The predicted octanol–water partition coefficient (Wildman–Crippen LogP) is 0.744. The summed E-state index contributed by atoms with van der Waals surface area (Å²) in [6, 6.07) is 0.101. The van der Waals surface area contributed by atoms with Crippen molar-refractivity contribution in [2.45, 2.75) is 19.8 Å². The van der Waals surface area contributed by atoms with E-state index in [-0.39, 0.29) is 6.03 Å². The van der Waals surface area contributed by atoms with E-state index in [0.717, 1.165) is 38.6 Å². The molecular weight excluding hydrogens is 190 g/mol. The van der Waals surface area contributed by atoms with Crippen LogP contribution in [0.3, 0.4) is 0 Å². The molecule has 4 heteroatoms. The lowest BCUT2D eigenvalue weighted by Crippen LogP contribution is -2.52. The van der Waals surface area contributed by atoms with Gasteiger partial charge in [-0.2, -0.15) is 0 Å². The van der Waals surface area contributed by atoms with Gasteiger partial charge < -0.3 is 10.2 Å². The van der Waals surface area contributed by atoms with E-state index >= 15 is 0 Å². The second kappa shape index (κ2) is 4.84. The molecule has 2 rings (SSSR count). The van der Waals surface area contributed by atoms with Crippen molar-refractivity contribution in [3.8, 4) is 0 Å². The van der Waals surface area contributed by atoms with Crippen molar-refractivity contribution in [1.82, 2.24) is 15.1 Å². The van der Waals surface area contributed by atoms with Crippen molar-refractivity contribution >= 4 is 6.03 Å².